The quantitative estimate of drug-likeness (QED) is 0.867. The van der Waals surface area contributed by atoms with E-state index in [9.17, 15) is 5.11 Å². The highest BCUT2D eigenvalue weighted by molar-refractivity contribution is 5.37. The summed E-state index contributed by atoms with van der Waals surface area (Å²) in [5.41, 5.74) is -0.615. The van der Waals surface area contributed by atoms with Gasteiger partial charge in [0.1, 0.15) is 12.1 Å². The van der Waals surface area contributed by atoms with E-state index >= 15 is 0 Å². The van der Waals surface area contributed by atoms with Gasteiger partial charge in [-0.25, -0.2) is 9.97 Å². The summed E-state index contributed by atoms with van der Waals surface area (Å²) in [6.07, 6.45) is 5.44. The van der Waals surface area contributed by atoms with Gasteiger partial charge in [0.15, 0.2) is 0 Å². The van der Waals surface area contributed by atoms with Gasteiger partial charge in [0.2, 0.25) is 5.88 Å². The molecule has 1 aliphatic carbocycles. The van der Waals surface area contributed by atoms with Crippen molar-refractivity contribution < 1.29 is 9.84 Å². The summed E-state index contributed by atoms with van der Waals surface area (Å²) in [6, 6.07) is 1.77. The topological polar surface area (TPSA) is 67.3 Å². The number of rotatable bonds is 5. The zero-order valence-electron chi connectivity index (χ0n) is 12.6. The van der Waals surface area contributed by atoms with Gasteiger partial charge in [-0.3, -0.25) is 0 Å². The minimum Gasteiger partial charge on any atom is -0.475 e. The number of ether oxygens (including phenoxy) is 1. The summed E-state index contributed by atoms with van der Waals surface area (Å²) in [5, 5.41) is 13.7. The molecule has 2 rings (SSSR count). The van der Waals surface area contributed by atoms with Crippen molar-refractivity contribution in [3.63, 3.8) is 0 Å². The molecule has 0 atom stereocenters. The highest BCUT2D eigenvalue weighted by Crippen LogP contribution is 2.31. The molecule has 0 saturated heterocycles. The maximum atomic E-state index is 10.5. The van der Waals surface area contributed by atoms with Crippen LogP contribution in [0.5, 0.6) is 5.88 Å². The molecule has 2 N–H and O–H groups in total. The predicted octanol–water partition coefficient (Wildman–Crippen LogP) is 2.62. The number of hydrogen-bond acceptors (Lipinski definition) is 5. The zero-order valence-corrected chi connectivity index (χ0v) is 12.6. The third kappa shape index (κ3) is 4.34. The van der Waals surface area contributed by atoms with Crippen LogP contribution in [0, 0.1) is 5.92 Å². The van der Waals surface area contributed by atoms with Crippen LogP contribution in [0.2, 0.25) is 0 Å². The van der Waals surface area contributed by atoms with Gasteiger partial charge in [0, 0.05) is 12.6 Å². The molecule has 1 saturated carbocycles. The van der Waals surface area contributed by atoms with E-state index in [-0.39, 0.29) is 6.10 Å². The summed E-state index contributed by atoms with van der Waals surface area (Å²) in [5.74, 6) is 1.98. The fraction of sp³-hybridized carbons (Fsp3) is 0.733. The van der Waals surface area contributed by atoms with E-state index in [0.717, 1.165) is 31.6 Å². The Morgan fingerprint density at radius 2 is 2.10 bits per heavy atom. The molecule has 112 valence electrons. The maximum Gasteiger partial charge on any atom is 0.218 e. The number of hydrogen-bond donors (Lipinski definition) is 2. The normalized spacial score (nSPS) is 26.6. The second-order valence-electron chi connectivity index (χ2n) is 6.17. The van der Waals surface area contributed by atoms with E-state index in [4.69, 9.17) is 4.74 Å². The third-order valence-corrected chi connectivity index (χ3v) is 3.80. The lowest BCUT2D eigenvalue weighted by atomic mass is 9.79. The molecular formula is C15H25N3O2. The van der Waals surface area contributed by atoms with E-state index in [0.29, 0.717) is 18.2 Å². The van der Waals surface area contributed by atoms with E-state index in [2.05, 4.69) is 22.2 Å². The largest absolute Gasteiger partial charge is 0.475 e. The number of aromatic nitrogens is 2. The molecule has 1 aromatic rings. The highest BCUT2D eigenvalue weighted by Gasteiger charge is 2.31. The summed E-state index contributed by atoms with van der Waals surface area (Å²) >= 11 is 0. The van der Waals surface area contributed by atoms with Gasteiger partial charge < -0.3 is 15.2 Å². The second-order valence-corrected chi connectivity index (χ2v) is 6.17. The van der Waals surface area contributed by atoms with Crippen molar-refractivity contribution in [2.45, 2.75) is 58.2 Å². The van der Waals surface area contributed by atoms with Crippen molar-refractivity contribution in [2.24, 2.45) is 5.92 Å². The van der Waals surface area contributed by atoms with Crippen molar-refractivity contribution in [1.29, 1.82) is 0 Å². The van der Waals surface area contributed by atoms with Crippen LogP contribution in [-0.2, 0) is 0 Å². The van der Waals surface area contributed by atoms with Crippen LogP contribution >= 0.6 is 0 Å². The zero-order chi connectivity index (χ0) is 14.6. The summed E-state index contributed by atoms with van der Waals surface area (Å²) in [4.78, 5) is 8.23. The highest BCUT2D eigenvalue weighted by atomic mass is 16.5. The first-order chi connectivity index (χ1) is 9.47. The van der Waals surface area contributed by atoms with Crippen molar-refractivity contribution in [2.75, 3.05) is 11.9 Å². The molecule has 1 aromatic heterocycles. The lowest BCUT2D eigenvalue weighted by Gasteiger charge is -2.35. The van der Waals surface area contributed by atoms with Crippen LogP contribution in [0.1, 0.15) is 46.5 Å². The van der Waals surface area contributed by atoms with Gasteiger partial charge in [-0.2, -0.15) is 0 Å². The smallest absolute Gasteiger partial charge is 0.218 e. The lowest BCUT2D eigenvalue weighted by molar-refractivity contribution is 0.00493. The molecule has 0 amide bonds. The molecule has 5 nitrogen and oxygen atoms in total. The van der Waals surface area contributed by atoms with E-state index in [1.54, 1.807) is 6.07 Å². The van der Waals surface area contributed by atoms with Gasteiger partial charge in [-0.1, -0.05) is 6.92 Å². The van der Waals surface area contributed by atoms with Crippen LogP contribution < -0.4 is 10.1 Å². The molecule has 0 spiro atoms. The standard InChI is InChI=1S/C15H25N3O2/c1-11(2)20-14-8-13(17-10-18-14)16-9-15(19)6-4-12(3)5-7-15/h8,10-12,19H,4-7,9H2,1-3H3,(H,16,17,18). The van der Waals surface area contributed by atoms with Gasteiger partial charge in [-0.15, -0.1) is 0 Å². The second kappa shape index (κ2) is 6.39. The Bertz CT molecular complexity index is 429. The fourth-order valence-electron chi connectivity index (χ4n) is 2.47. The average molecular weight is 279 g/mol. The van der Waals surface area contributed by atoms with Gasteiger partial charge >= 0.3 is 0 Å². The van der Waals surface area contributed by atoms with E-state index < -0.39 is 5.60 Å². The Morgan fingerprint density at radius 1 is 1.40 bits per heavy atom. The van der Waals surface area contributed by atoms with E-state index in [1.165, 1.54) is 6.33 Å². The number of anilines is 1. The van der Waals surface area contributed by atoms with Crippen LogP contribution in [0.4, 0.5) is 5.82 Å². The molecular weight excluding hydrogens is 254 g/mol. The van der Waals surface area contributed by atoms with Crippen LogP contribution in [0.25, 0.3) is 0 Å². The number of aliphatic hydroxyl groups is 1. The molecule has 5 heteroatoms. The molecule has 0 bridgehead atoms. The Labute approximate surface area is 120 Å². The minimum absolute atomic E-state index is 0.0850. The van der Waals surface area contributed by atoms with Gasteiger partial charge in [0.25, 0.3) is 0 Å². The SMILES string of the molecule is CC1CCC(O)(CNc2cc(OC(C)C)ncn2)CC1. The summed E-state index contributed by atoms with van der Waals surface area (Å²) in [7, 11) is 0. The predicted molar refractivity (Wildman–Crippen MR) is 78.9 cm³/mol. The lowest BCUT2D eigenvalue weighted by Crippen LogP contribution is -2.40. The van der Waals surface area contributed by atoms with Crippen LogP contribution in [0.15, 0.2) is 12.4 Å². The van der Waals surface area contributed by atoms with Crippen LogP contribution in [0.3, 0.4) is 0 Å². The molecule has 1 fully saturated rings. The number of nitrogens with one attached hydrogen (secondary N) is 1. The van der Waals surface area contributed by atoms with Gasteiger partial charge in [-0.05, 0) is 45.4 Å². The van der Waals surface area contributed by atoms with Crippen LogP contribution in [-0.4, -0.2) is 33.3 Å². The first-order valence-electron chi connectivity index (χ1n) is 7.42. The molecule has 20 heavy (non-hydrogen) atoms. The Morgan fingerprint density at radius 3 is 2.75 bits per heavy atom. The first-order valence-corrected chi connectivity index (χ1v) is 7.42. The summed E-state index contributed by atoms with van der Waals surface area (Å²) in [6.45, 7) is 6.69. The number of nitrogens with zero attached hydrogens (tertiary/aromatic N) is 2. The third-order valence-electron chi connectivity index (χ3n) is 3.80. The molecule has 0 aromatic carbocycles. The maximum absolute atomic E-state index is 10.5. The minimum atomic E-state index is -0.615. The van der Waals surface area contributed by atoms with E-state index in [1.807, 2.05) is 13.8 Å². The molecule has 1 aliphatic rings. The molecule has 0 unspecified atom stereocenters. The molecule has 0 radical (unpaired) electrons. The van der Waals surface area contributed by atoms with Crippen molar-refractivity contribution in [3.8, 4) is 5.88 Å². The van der Waals surface area contributed by atoms with Crippen molar-refractivity contribution in [3.05, 3.63) is 12.4 Å². The Hall–Kier alpha value is -1.36. The first kappa shape index (κ1) is 15.0. The molecule has 1 heterocycles. The Kier molecular flexibility index (Phi) is 4.81. The van der Waals surface area contributed by atoms with Gasteiger partial charge in [0.05, 0.1) is 11.7 Å². The fourth-order valence-corrected chi connectivity index (χ4v) is 2.47. The van der Waals surface area contributed by atoms with Crippen molar-refractivity contribution in [1.82, 2.24) is 9.97 Å². The average Bonchev–Trinajstić information content (AvgIpc) is 2.40. The Balaban J connectivity index is 1.90. The molecule has 0 aliphatic heterocycles. The van der Waals surface area contributed by atoms with Crippen molar-refractivity contribution >= 4 is 5.82 Å². The monoisotopic (exact) mass is 279 g/mol. The summed E-state index contributed by atoms with van der Waals surface area (Å²) < 4.78 is 5.53.